The SMILES string of the molecule is CC1(C)C(=O)Nc2cc(Nc3nc4c(N5CCc6n[nH]nc6C5)nccn4n3)ccc21. The molecule has 5 heterocycles. The normalized spacial score (nSPS) is 16.8. The van der Waals surface area contributed by atoms with Gasteiger partial charge in [-0.1, -0.05) is 6.07 Å². The van der Waals surface area contributed by atoms with Crippen LogP contribution in [-0.2, 0) is 23.2 Å². The summed E-state index contributed by atoms with van der Waals surface area (Å²) in [7, 11) is 0. The highest BCUT2D eigenvalue weighted by atomic mass is 16.2. The summed E-state index contributed by atoms with van der Waals surface area (Å²) < 4.78 is 1.71. The maximum atomic E-state index is 12.2. The van der Waals surface area contributed by atoms with Crippen LogP contribution in [0.1, 0.15) is 30.8 Å². The number of fused-ring (bicyclic) bond motifs is 3. The van der Waals surface area contributed by atoms with Crippen molar-refractivity contribution in [2.24, 2.45) is 0 Å². The van der Waals surface area contributed by atoms with E-state index in [0.717, 1.165) is 47.1 Å². The number of hydrogen-bond acceptors (Lipinski definition) is 8. The topological polar surface area (TPSA) is 129 Å². The number of aromatic amines is 1. The van der Waals surface area contributed by atoms with Crippen LogP contribution in [0.15, 0.2) is 30.6 Å². The van der Waals surface area contributed by atoms with E-state index in [2.05, 4.69) is 46.0 Å². The standard InChI is InChI=1S/C20H20N10O/c1-20(2)12-4-3-11(9-14(12)23-18(20)31)22-19-24-17-16(21-6-8-30(17)27-19)29-7-5-13-15(10-29)26-28-25-13/h3-4,6,8-9H,5,7,10H2,1-2H3,(H,22,27)(H,23,31)(H,25,26,28). The van der Waals surface area contributed by atoms with Gasteiger partial charge in [-0.2, -0.15) is 20.4 Å². The van der Waals surface area contributed by atoms with Gasteiger partial charge in [-0.3, -0.25) is 4.79 Å². The summed E-state index contributed by atoms with van der Waals surface area (Å²) in [6, 6.07) is 5.80. The molecule has 0 unspecified atom stereocenters. The Morgan fingerprint density at radius 3 is 2.97 bits per heavy atom. The molecule has 156 valence electrons. The highest BCUT2D eigenvalue weighted by Gasteiger charge is 2.38. The summed E-state index contributed by atoms with van der Waals surface area (Å²) in [5.41, 5.74) is 4.64. The van der Waals surface area contributed by atoms with Crippen molar-refractivity contribution in [2.75, 3.05) is 22.1 Å². The lowest BCUT2D eigenvalue weighted by molar-refractivity contribution is -0.119. The zero-order valence-electron chi connectivity index (χ0n) is 17.0. The van der Waals surface area contributed by atoms with Crippen molar-refractivity contribution in [3.8, 4) is 0 Å². The molecule has 6 rings (SSSR count). The number of carbonyl (C=O) groups is 1. The van der Waals surface area contributed by atoms with Crippen molar-refractivity contribution >= 4 is 34.7 Å². The molecule has 11 nitrogen and oxygen atoms in total. The van der Waals surface area contributed by atoms with Crippen LogP contribution >= 0.6 is 0 Å². The third kappa shape index (κ3) is 2.73. The summed E-state index contributed by atoms with van der Waals surface area (Å²) in [4.78, 5) is 23.6. The number of H-pyrrole nitrogens is 1. The van der Waals surface area contributed by atoms with Crippen molar-refractivity contribution in [3.63, 3.8) is 0 Å². The molecule has 0 fully saturated rings. The van der Waals surface area contributed by atoms with E-state index in [9.17, 15) is 4.79 Å². The van der Waals surface area contributed by atoms with E-state index >= 15 is 0 Å². The largest absolute Gasteiger partial charge is 0.347 e. The number of aromatic nitrogens is 7. The molecule has 1 amide bonds. The number of amides is 1. The molecule has 0 radical (unpaired) electrons. The molecular weight excluding hydrogens is 396 g/mol. The third-order valence-corrected chi connectivity index (χ3v) is 5.96. The van der Waals surface area contributed by atoms with Crippen LogP contribution in [-0.4, -0.2) is 47.4 Å². The highest BCUT2D eigenvalue weighted by Crippen LogP contribution is 2.39. The second kappa shape index (κ2) is 6.24. The predicted octanol–water partition coefficient (Wildman–Crippen LogP) is 1.78. The first-order chi connectivity index (χ1) is 15.0. The van der Waals surface area contributed by atoms with Crippen LogP contribution in [0.25, 0.3) is 5.65 Å². The number of hydrogen-bond donors (Lipinski definition) is 3. The Morgan fingerprint density at radius 2 is 2.06 bits per heavy atom. The molecular formula is C20H20N10O. The summed E-state index contributed by atoms with van der Waals surface area (Å²) in [5, 5.41) is 21.8. The van der Waals surface area contributed by atoms with Gasteiger partial charge >= 0.3 is 0 Å². The Morgan fingerprint density at radius 1 is 1.19 bits per heavy atom. The maximum absolute atomic E-state index is 12.2. The molecule has 0 bridgehead atoms. The molecule has 2 aliphatic rings. The molecule has 0 saturated carbocycles. The van der Waals surface area contributed by atoms with Crippen LogP contribution < -0.4 is 15.5 Å². The van der Waals surface area contributed by atoms with E-state index in [4.69, 9.17) is 0 Å². The quantitative estimate of drug-likeness (QED) is 0.461. The number of nitrogens with zero attached hydrogens (tertiary/aromatic N) is 7. The molecule has 3 aromatic heterocycles. The molecule has 31 heavy (non-hydrogen) atoms. The van der Waals surface area contributed by atoms with Crippen LogP contribution in [0.2, 0.25) is 0 Å². The zero-order valence-corrected chi connectivity index (χ0v) is 17.0. The Kier molecular flexibility index (Phi) is 3.58. The summed E-state index contributed by atoms with van der Waals surface area (Å²) in [6.07, 6.45) is 4.28. The van der Waals surface area contributed by atoms with Crippen LogP contribution in [0, 0.1) is 0 Å². The van der Waals surface area contributed by atoms with Gasteiger partial charge in [-0.05, 0) is 31.5 Å². The first kappa shape index (κ1) is 17.8. The fourth-order valence-electron chi connectivity index (χ4n) is 4.16. The van der Waals surface area contributed by atoms with Gasteiger partial charge in [0.25, 0.3) is 0 Å². The lowest BCUT2D eigenvalue weighted by atomic mass is 9.86. The summed E-state index contributed by atoms with van der Waals surface area (Å²) in [5.74, 6) is 1.20. The second-order valence-corrected chi connectivity index (χ2v) is 8.31. The minimum absolute atomic E-state index is 0.00183. The van der Waals surface area contributed by atoms with Crippen LogP contribution in [0.5, 0.6) is 0 Å². The smallest absolute Gasteiger partial charge is 0.247 e. The third-order valence-electron chi connectivity index (χ3n) is 5.96. The van der Waals surface area contributed by atoms with E-state index in [1.165, 1.54) is 0 Å². The van der Waals surface area contributed by atoms with Gasteiger partial charge < -0.3 is 15.5 Å². The van der Waals surface area contributed by atoms with Crippen LogP contribution in [0.3, 0.4) is 0 Å². The van der Waals surface area contributed by atoms with Gasteiger partial charge in [0.05, 0.1) is 17.7 Å². The molecule has 0 aliphatic carbocycles. The molecule has 4 aromatic rings. The second-order valence-electron chi connectivity index (χ2n) is 8.31. The van der Waals surface area contributed by atoms with Gasteiger partial charge in [0.1, 0.15) is 5.69 Å². The first-order valence-corrected chi connectivity index (χ1v) is 10.1. The molecule has 1 aromatic carbocycles. The van der Waals surface area contributed by atoms with Gasteiger partial charge in [-0.25, -0.2) is 9.50 Å². The minimum Gasteiger partial charge on any atom is -0.347 e. The molecule has 3 N–H and O–H groups in total. The van der Waals surface area contributed by atoms with Gasteiger partial charge in [0.15, 0.2) is 11.5 Å². The molecule has 2 aliphatic heterocycles. The van der Waals surface area contributed by atoms with Gasteiger partial charge in [0.2, 0.25) is 11.9 Å². The average molecular weight is 416 g/mol. The van der Waals surface area contributed by atoms with Crippen molar-refractivity contribution in [3.05, 3.63) is 47.5 Å². The van der Waals surface area contributed by atoms with E-state index in [1.54, 1.807) is 16.9 Å². The average Bonchev–Trinajstić information content (AvgIpc) is 3.43. The Bertz CT molecular complexity index is 1340. The van der Waals surface area contributed by atoms with E-state index in [0.29, 0.717) is 18.1 Å². The van der Waals surface area contributed by atoms with E-state index in [1.807, 2.05) is 32.0 Å². The van der Waals surface area contributed by atoms with Crippen molar-refractivity contribution in [2.45, 2.75) is 32.2 Å². The first-order valence-electron chi connectivity index (χ1n) is 10.1. The lowest BCUT2D eigenvalue weighted by Gasteiger charge is -2.26. The molecule has 0 saturated heterocycles. The Balaban J connectivity index is 1.31. The van der Waals surface area contributed by atoms with Gasteiger partial charge in [0, 0.05) is 36.7 Å². The predicted molar refractivity (Wildman–Crippen MR) is 113 cm³/mol. The number of benzene rings is 1. The minimum atomic E-state index is -0.534. The van der Waals surface area contributed by atoms with E-state index < -0.39 is 5.41 Å². The van der Waals surface area contributed by atoms with Crippen LogP contribution in [0.4, 0.5) is 23.1 Å². The van der Waals surface area contributed by atoms with E-state index in [-0.39, 0.29) is 5.91 Å². The maximum Gasteiger partial charge on any atom is 0.247 e. The summed E-state index contributed by atoms with van der Waals surface area (Å²) in [6.45, 7) is 5.24. The van der Waals surface area contributed by atoms with Crippen molar-refractivity contribution in [1.29, 1.82) is 0 Å². The van der Waals surface area contributed by atoms with Crippen molar-refractivity contribution in [1.82, 2.24) is 35.0 Å². The fraction of sp³-hybridized carbons (Fsp3) is 0.300. The Labute approximate surface area is 176 Å². The number of anilines is 4. The number of nitrogens with one attached hydrogen (secondary N) is 3. The number of rotatable bonds is 3. The Hall–Kier alpha value is -4.02. The van der Waals surface area contributed by atoms with Crippen molar-refractivity contribution < 1.29 is 4.79 Å². The van der Waals surface area contributed by atoms with Gasteiger partial charge in [-0.15, -0.1) is 5.10 Å². The molecule has 11 heteroatoms. The fourth-order valence-corrected chi connectivity index (χ4v) is 4.16. The zero-order chi connectivity index (χ0) is 21.2. The monoisotopic (exact) mass is 416 g/mol. The molecule has 0 spiro atoms. The molecule has 0 atom stereocenters. The lowest BCUT2D eigenvalue weighted by Crippen LogP contribution is -2.31. The number of carbonyl (C=O) groups excluding carboxylic acids is 1. The highest BCUT2D eigenvalue weighted by molar-refractivity contribution is 6.06. The summed E-state index contributed by atoms with van der Waals surface area (Å²) >= 11 is 0.